The number of hydrogen-bond donors (Lipinski definition) is 0. The third-order valence-corrected chi connectivity index (χ3v) is 5.17. The molecular weight excluding hydrogens is 638 g/mol. The van der Waals surface area contributed by atoms with Gasteiger partial charge in [-0.3, -0.25) is 0 Å². The van der Waals surface area contributed by atoms with Gasteiger partial charge in [0.25, 0.3) is 0 Å². The Hall–Kier alpha value is -3.60. The van der Waals surface area contributed by atoms with E-state index in [0.29, 0.717) is 11.3 Å². The molecule has 2 heterocycles. The number of alkyl halides is 3. The number of hydrogen-bond acceptors (Lipinski definition) is 2. The summed E-state index contributed by atoms with van der Waals surface area (Å²) < 4.78 is 37.5. The van der Waals surface area contributed by atoms with E-state index >= 15 is 0 Å². The first-order valence-electron chi connectivity index (χ1n) is 10.9. The molecule has 0 unspecified atom stereocenters. The first-order valence-corrected chi connectivity index (χ1v) is 10.9. The molecular formula is C30H21F3IrN2-2. The fourth-order valence-corrected chi connectivity index (χ4v) is 3.33. The summed E-state index contributed by atoms with van der Waals surface area (Å²) in [5, 5.41) is 0. The van der Waals surface area contributed by atoms with Crippen molar-refractivity contribution in [2.75, 3.05) is 0 Å². The van der Waals surface area contributed by atoms with Gasteiger partial charge < -0.3 is 9.97 Å². The summed E-state index contributed by atoms with van der Waals surface area (Å²) in [5.41, 5.74) is 5.41. The molecule has 36 heavy (non-hydrogen) atoms. The summed E-state index contributed by atoms with van der Waals surface area (Å²) in [6.07, 6.45) is -0.816. The van der Waals surface area contributed by atoms with Crippen molar-refractivity contribution in [2.24, 2.45) is 0 Å². The maximum absolute atomic E-state index is 12.5. The Morgan fingerprint density at radius 2 is 1.31 bits per heavy atom. The number of aromatic nitrogens is 2. The molecule has 3 aromatic carbocycles. The van der Waals surface area contributed by atoms with E-state index < -0.39 is 11.7 Å². The molecule has 183 valence electrons. The van der Waals surface area contributed by atoms with Gasteiger partial charge in [-0.1, -0.05) is 54.6 Å². The van der Waals surface area contributed by atoms with Crippen LogP contribution in [0.3, 0.4) is 0 Å². The Morgan fingerprint density at radius 3 is 1.92 bits per heavy atom. The fraction of sp³-hybridized carbons (Fsp3) is 0.0667. The van der Waals surface area contributed by atoms with Crippen molar-refractivity contribution in [3.05, 3.63) is 133 Å². The SMILES string of the molecule is Cc1ccc(-c2[c-]ccc(C(F)(F)F)c2)nc1.[Ir].[c-]1ccccc1-c1ccc(-c2ccccc2)cn1. The van der Waals surface area contributed by atoms with Gasteiger partial charge in [0, 0.05) is 32.5 Å². The van der Waals surface area contributed by atoms with E-state index in [0.717, 1.165) is 34.5 Å². The third-order valence-electron chi connectivity index (χ3n) is 5.17. The zero-order valence-corrected chi connectivity index (χ0v) is 21.6. The molecule has 0 fully saturated rings. The minimum absolute atomic E-state index is 0. The van der Waals surface area contributed by atoms with Crippen LogP contribution in [0.4, 0.5) is 13.2 Å². The van der Waals surface area contributed by atoms with E-state index in [-0.39, 0.29) is 20.1 Å². The summed E-state index contributed by atoms with van der Waals surface area (Å²) in [6, 6.07) is 35.0. The zero-order chi connectivity index (χ0) is 24.7. The van der Waals surface area contributed by atoms with Gasteiger partial charge in [0.15, 0.2) is 0 Å². The summed E-state index contributed by atoms with van der Waals surface area (Å²) in [6.45, 7) is 1.87. The fourth-order valence-electron chi connectivity index (χ4n) is 3.33. The normalized spacial score (nSPS) is 10.6. The molecule has 0 aliphatic rings. The Bertz CT molecular complexity index is 1300. The zero-order valence-electron chi connectivity index (χ0n) is 19.3. The first-order chi connectivity index (χ1) is 16.9. The number of pyridine rings is 2. The van der Waals surface area contributed by atoms with E-state index in [4.69, 9.17) is 0 Å². The smallest absolute Gasteiger partial charge is 0.304 e. The van der Waals surface area contributed by atoms with Gasteiger partial charge in [-0.05, 0) is 40.6 Å². The van der Waals surface area contributed by atoms with Crippen LogP contribution in [0.1, 0.15) is 11.1 Å². The van der Waals surface area contributed by atoms with Crippen LogP contribution in [0, 0.1) is 19.1 Å². The van der Waals surface area contributed by atoms with Gasteiger partial charge in [0.1, 0.15) is 0 Å². The van der Waals surface area contributed by atoms with E-state index in [1.165, 1.54) is 11.6 Å². The molecule has 6 heteroatoms. The molecule has 0 aliphatic carbocycles. The second-order valence-corrected chi connectivity index (χ2v) is 7.78. The van der Waals surface area contributed by atoms with Gasteiger partial charge in [-0.25, -0.2) is 0 Å². The topological polar surface area (TPSA) is 25.8 Å². The molecule has 5 rings (SSSR count). The minimum atomic E-state index is -4.34. The predicted molar refractivity (Wildman–Crippen MR) is 132 cm³/mol. The van der Waals surface area contributed by atoms with E-state index in [9.17, 15) is 13.2 Å². The molecule has 0 aliphatic heterocycles. The average molecular weight is 659 g/mol. The van der Waals surface area contributed by atoms with Crippen LogP contribution in [0.25, 0.3) is 33.6 Å². The summed E-state index contributed by atoms with van der Waals surface area (Å²) in [5.74, 6) is 0. The quantitative estimate of drug-likeness (QED) is 0.183. The number of halogens is 3. The Balaban J connectivity index is 0.000000196. The monoisotopic (exact) mass is 659 g/mol. The Labute approximate surface area is 222 Å². The van der Waals surface area contributed by atoms with E-state index in [1.54, 1.807) is 18.3 Å². The maximum Gasteiger partial charge on any atom is 0.399 e. The van der Waals surface area contributed by atoms with Crippen molar-refractivity contribution in [1.29, 1.82) is 0 Å². The maximum atomic E-state index is 12.5. The van der Waals surface area contributed by atoms with Gasteiger partial charge in [-0.15, -0.1) is 65.7 Å². The first kappa shape index (κ1) is 27.0. The van der Waals surface area contributed by atoms with Crippen LogP contribution < -0.4 is 0 Å². The molecule has 0 amide bonds. The standard InChI is InChI=1S/C17H12N.C13H9F3N.Ir/c1-3-7-14(8-4-1)16-11-12-17(18-13-16)15-9-5-2-6-10-15;1-9-5-6-12(17-8-9)10-3-2-4-11(7-10)13(14,15)16;/h1-9,11-13H;2,4-8H,1H3;/q2*-1;. The van der Waals surface area contributed by atoms with Crippen molar-refractivity contribution < 1.29 is 33.3 Å². The van der Waals surface area contributed by atoms with Crippen molar-refractivity contribution >= 4 is 0 Å². The van der Waals surface area contributed by atoms with Crippen molar-refractivity contribution in [2.45, 2.75) is 13.1 Å². The van der Waals surface area contributed by atoms with Crippen molar-refractivity contribution in [3.8, 4) is 33.6 Å². The Kier molecular flexibility index (Phi) is 9.29. The molecule has 0 spiro atoms. The number of nitrogens with zero attached hydrogens (tertiary/aromatic N) is 2. The van der Waals surface area contributed by atoms with Gasteiger partial charge >= 0.3 is 6.18 Å². The molecule has 2 nitrogen and oxygen atoms in total. The molecule has 2 aromatic heterocycles. The van der Waals surface area contributed by atoms with Crippen molar-refractivity contribution in [1.82, 2.24) is 9.97 Å². The van der Waals surface area contributed by atoms with E-state index in [1.807, 2.05) is 61.7 Å². The van der Waals surface area contributed by atoms with Crippen LogP contribution >= 0.6 is 0 Å². The van der Waals surface area contributed by atoms with Gasteiger partial charge in [-0.2, -0.15) is 13.2 Å². The van der Waals surface area contributed by atoms with Gasteiger partial charge in [0.05, 0.1) is 0 Å². The van der Waals surface area contributed by atoms with E-state index in [2.05, 4.69) is 40.3 Å². The molecule has 0 atom stereocenters. The molecule has 5 aromatic rings. The number of rotatable bonds is 3. The molecule has 0 saturated heterocycles. The third kappa shape index (κ3) is 7.20. The van der Waals surface area contributed by atoms with Crippen LogP contribution in [-0.4, -0.2) is 9.97 Å². The largest absolute Gasteiger partial charge is 0.399 e. The van der Waals surface area contributed by atoms with Crippen LogP contribution in [0.15, 0.2) is 109 Å². The predicted octanol–water partition coefficient (Wildman–Crippen LogP) is 8.09. The Morgan fingerprint density at radius 1 is 0.639 bits per heavy atom. The number of aryl methyl sites for hydroxylation is 1. The second-order valence-electron chi connectivity index (χ2n) is 7.78. The van der Waals surface area contributed by atoms with Crippen LogP contribution in [0.2, 0.25) is 0 Å². The summed E-state index contributed by atoms with van der Waals surface area (Å²) in [4.78, 5) is 8.57. The minimum Gasteiger partial charge on any atom is -0.304 e. The molecule has 0 N–H and O–H groups in total. The van der Waals surface area contributed by atoms with Crippen LogP contribution in [-0.2, 0) is 26.3 Å². The average Bonchev–Trinajstić information content (AvgIpc) is 2.90. The molecule has 0 bridgehead atoms. The number of benzene rings is 3. The van der Waals surface area contributed by atoms with Gasteiger partial charge in [0.2, 0.25) is 0 Å². The van der Waals surface area contributed by atoms with Crippen molar-refractivity contribution in [3.63, 3.8) is 0 Å². The molecule has 1 radical (unpaired) electrons. The van der Waals surface area contributed by atoms with Crippen LogP contribution in [0.5, 0.6) is 0 Å². The second kappa shape index (κ2) is 12.4. The summed E-state index contributed by atoms with van der Waals surface area (Å²) >= 11 is 0. The summed E-state index contributed by atoms with van der Waals surface area (Å²) in [7, 11) is 0. The molecule has 0 saturated carbocycles.